The lowest BCUT2D eigenvalue weighted by Gasteiger charge is -2.15. The maximum atomic E-state index is 13.5. The molecule has 7 heteroatoms. The van der Waals surface area contributed by atoms with Gasteiger partial charge in [0, 0.05) is 19.7 Å². The maximum absolute atomic E-state index is 13.5. The molecule has 1 aromatic rings. The number of hydrogen-bond acceptors (Lipinski definition) is 3. The third kappa shape index (κ3) is 4.06. The van der Waals surface area contributed by atoms with Crippen molar-refractivity contribution in [2.75, 3.05) is 18.9 Å². The third-order valence-corrected chi connectivity index (χ3v) is 2.24. The van der Waals surface area contributed by atoms with E-state index in [-0.39, 0.29) is 17.2 Å². The van der Waals surface area contributed by atoms with Crippen molar-refractivity contribution in [3.63, 3.8) is 0 Å². The van der Waals surface area contributed by atoms with E-state index in [2.05, 4.69) is 5.32 Å². The highest BCUT2D eigenvalue weighted by Gasteiger charge is 2.18. The van der Waals surface area contributed by atoms with Crippen LogP contribution < -0.4 is 5.32 Å². The van der Waals surface area contributed by atoms with Gasteiger partial charge in [0.05, 0.1) is 5.56 Å². The summed E-state index contributed by atoms with van der Waals surface area (Å²) in [5, 5.41) is 11.0. The van der Waals surface area contributed by atoms with Crippen LogP contribution in [0, 0.1) is 5.82 Å². The van der Waals surface area contributed by atoms with Gasteiger partial charge in [-0.2, -0.15) is 0 Å². The molecule has 0 heterocycles. The standard InChI is InChI=1S/C12H13FN2O4/c1-7(16)14-8-3-4-10(13)9(5-8)12(19)15(2)6-11(17)18/h3-5H,6H2,1-2H3,(H,14,16)(H,17,18). The van der Waals surface area contributed by atoms with Crippen LogP contribution in [0.3, 0.4) is 0 Å². The molecular formula is C12H13FN2O4. The van der Waals surface area contributed by atoms with Gasteiger partial charge in [-0.1, -0.05) is 0 Å². The molecule has 0 radical (unpaired) electrons. The number of benzene rings is 1. The van der Waals surface area contributed by atoms with Crippen molar-refractivity contribution in [1.82, 2.24) is 4.90 Å². The van der Waals surface area contributed by atoms with Crippen LogP contribution >= 0.6 is 0 Å². The summed E-state index contributed by atoms with van der Waals surface area (Å²) in [5.74, 6) is -3.11. The number of carboxylic acids is 1. The molecule has 0 aliphatic rings. The molecule has 2 amide bonds. The Morgan fingerprint density at radius 2 is 2.00 bits per heavy atom. The largest absolute Gasteiger partial charge is 0.480 e. The Labute approximate surface area is 108 Å². The number of likely N-dealkylation sites (N-methyl/N-ethyl adjacent to an activating group) is 1. The van der Waals surface area contributed by atoms with Crippen molar-refractivity contribution in [3.8, 4) is 0 Å². The zero-order valence-electron chi connectivity index (χ0n) is 10.4. The van der Waals surface area contributed by atoms with E-state index in [9.17, 15) is 18.8 Å². The summed E-state index contributed by atoms with van der Waals surface area (Å²) >= 11 is 0. The number of nitrogens with zero attached hydrogens (tertiary/aromatic N) is 1. The minimum atomic E-state index is -1.20. The molecule has 0 aromatic heterocycles. The van der Waals surface area contributed by atoms with Crippen molar-refractivity contribution >= 4 is 23.5 Å². The summed E-state index contributed by atoms with van der Waals surface area (Å²) in [6.07, 6.45) is 0. The Hall–Kier alpha value is -2.44. The van der Waals surface area contributed by atoms with Gasteiger partial charge < -0.3 is 15.3 Å². The molecule has 0 atom stereocenters. The first kappa shape index (κ1) is 14.6. The molecule has 102 valence electrons. The van der Waals surface area contributed by atoms with Gasteiger partial charge in [0.25, 0.3) is 5.91 Å². The SMILES string of the molecule is CC(=O)Nc1ccc(F)c(C(=O)N(C)CC(=O)O)c1. The smallest absolute Gasteiger partial charge is 0.323 e. The average molecular weight is 268 g/mol. The maximum Gasteiger partial charge on any atom is 0.323 e. The number of hydrogen-bond donors (Lipinski definition) is 2. The van der Waals surface area contributed by atoms with Gasteiger partial charge in [0.15, 0.2) is 0 Å². The first-order chi connectivity index (χ1) is 8.81. The van der Waals surface area contributed by atoms with Crippen LogP contribution in [0.25, 0.3) is 0 Å². The lowest BCUT2D eigenvalue weighted by atomic mass is 10.1. The molecule has 0 saturated heterocycles. The Balaban J connectivity index is 3.01. The fraction of sp³-hybridized carbons (Fsp3) is 0.250. The van der Waals surface area contributed by atoms with Gasteiger partial charge in [-0.25, -0.2) is 4.39 Å². The first-order valence-corrected chi connectivity index (χ1v) is 5.35. The zero-order chi connectivity index (χ0) is 14.6. The van der Waals surface area contributed by atoms with Crippen LogP contribution in [0.2, 0.25) is 0 Å². The van der Waals surface area contributed by atoms with E-state index < -0.39 is 24.2 Å². The monoisotopic (exact) mass is 268 g/mol. The lowest BCUT2D eigenvalue weighted by Crippen LogP contribution is -2.32. The van der Waals surface area contributed by atoms with Gasteiger partial charge in [0.2, 0.25) is 5.91 Å². The van der Waals surface area contributed by atoms with Gasteiger partial charge in [-0.15, -0.1) is 0 Å². The first-order valence-electron chi connectivity index (χ1n) is 5.35. The molecule has 0 saturated carbocycles. The van der Waals surface area contributed by atoms with Crippen molar-refractivity contribution in [2.45, 2.75) is 6.92 Å². The fourth-order valence-electron chi connectivity index (χ4n) is 1.45. The van der Waals surface area contributed by atoms with Crippen molar-refractivity contribution in [1.29, 1.82) is 0 Å². The zero-order valence-corrected chi connectivity index (χ0v) is 10.4. The van der Waals surface area contributed by atoms with Crippen LogP contribution in [-0.2, 0) is 9.59 Å². The van der Waals surface area contributed by atoms with E-state index in [4.69, 9.17) is 5.11 Å². The minimum absolute atomic E-state index is 0.265. The van der Waals surface area contributed by atoms with Crippen molar-refractivity contribution < 1.29 is 23.9 Å². The molecule has 0 aliphatic heterocycles. The molecule has 1 rings (SSSR count). The Morgan fingerprint density at radius 1 is 1.37 bits per heavy atom. The van der Waals surface area contributed by atoms with Crippen LogP contribution in [-0.4, -0.2) is 41.4 Å². The quantitative estimate of drug-likeness (QED) is 0.850. The number of nitrogens with one attached hydrogen (secondary N) is 1. The van der Waals surface area contributed by atoms with E-state index in [1.807, 2.05) is 0 Å². The van der Waals surface area contributed by atoms with Crippen LogP contribution in [0.1, 0.15) is 17.3 Å². The molecule has 0 spiro atoms. The molecule has 2 N–H and O–H groups in total. The number of aliphatic carboxylic acids is 1. The number of rotatable bonds is 4. The predicted molar refractivity (Wildman–Crippen MR) is 65.3 cm³/mol. The van der Waals surface area contributed by atoms with E-state index in [1.165, 1.54) is 20.0 Å². The summed E-state index contributed by atoms with van der Waals surface area (Å²) in [4.78, 5) is 34.1. The van der Waals surface area contributed by atoms with Crippen molar-refractivity contribution in [3.05, 3.63) is 29.6 Å². The summed E-state index contributed by atoms with van der Waals surface area (Å²) in [7, 11) is 1.25. The van der Waals surface area contributed by atoms with Crippen LogP contribution in [0.5, 0.6) is 0 Å². The molecule has 0 bridgehead atoms. The number of amides is 2. The van der Waals surface area contributed by atoms with E-state index in [1.54, 1.807) is 0 Å². The van der Waals surface area contributed by atoms with E-state index in [0.717, 1.165) is 17.0 Å². The van der Waals surface area contributed by atoms with Gasteiger partial charge in [0.1, 0.15) is 12.4 Å². The van der Waals surface area contributed by atoms with Crippen LogP contribution in [0.4, 0.5) is 10.1 Å². The van der Waals surface area contributed by atoms with Gasteiger partial charge >= 0.3 is 5.97 Å². The number of carbonyl (C=O) groups is 3. The molecular weight excluding hydrogens is 255 g/mol. The van der Waals surface area contributed by atoms with Crippen LogP contribution in [0.15, 0.2) is 18.2 Å². The highest BCUT2D eigenvalue weighted by atomic mass is 19.1. The summed E-state index contributed by atoms with van der Waals surface area (Å²) in [6, 6.07) is 3.51. The number of anilines is 1. The highest BCUT2D eigenvalue weighted by Crippen LogP contribution is 2.16. The number of carbonyl (C=O) groups excluding carboxylic acids is 2. The molecule has 1 aromatic carbocycles. The average Bonchev–Trinajstić information content (AvgIpc) is 2.29. The topological polar surface area (TPSA) is 86.7 Å². The second-order valence-electron chi connectivity index (χ2n) is 3.93. The fourth-order valence-corrected chi connectivity index (χ4v) is 1.45. The normalized spacial score (nSPS) is 9.84. The minimum Gasteiger partial charge on any atom is -0.480 e. The lowest BCUT2D eigenvalue weighted by molar-refractivity contribution is -0.137. The van der Waals surface area contributed by atoms with Crippen molar-refractivity contribution in [2.24, 2.45) is 0 Å². The number of halogens is 1. The molecule has 6 nitrogen and oxygen atoms in total. The predicted octanol–water partition coefficient (Wildman–Crippen LogP) is 0.941. The van der Waals surface area contributed by atoms with Gasteiger partial charge in [-0.05, 0) is 18.2 Å². The number of carboxylic acid groups (broad SMARTS) is 1. The Morgan fingerprint density at radius 3 is 2.53 bits per heavy atom. The van der Waals surface area contributed by atoms with E-state index in [0.29, 0.717) is 0 Å². The molecule has 0 fully saturated rings. The molecule has 0 unspecified atom stereocenters. The Kier molecular flexibility index (Phi) is 4.57. The van der Waals surface area contributed by atoms with E-state index >= 15 is 0 Å². The van der Waals surface area contributed by atoms with Gasteiger partial charge in [-0.3, -0.25) is 14.4 Å². The second kappa shape index (κ2) is 5.94. The molecule has 19 heavy (non-hydrogen) atoms. The summed E-state index contributed by atoms with van der Waals surface area (Å²) < 4.78 is 13.5. The third-order valence-electron chi connectivity index (χ3n) is 2.24. The highest BCUT2D eigenvalue weighted by molar-refractivity contribution is 5.98. The Bertz CT molecular complexity index is 530. The summed E-state index contributed by atoms with van der Waals surface area (Å²) in [6.45, 7) is 0.740. The summed E-state index contributed by atoms with van der Waals surface area (Å²) in [5.41, 5.74) is -0.0315. The second-order valence-corrected chi connectivity index (χ2v) is 3.93. The molecule has 0 aliphatic carbocycles.